The summed E-state index contributed by atoms with van der Waals surface area (Å²) in [5, 5.41) is 0. The standard InChI is InChI=1S/C12H15F2N/c1-8-4-3-5-10(9(8)2)11(15)6-12(13,14)7-11/h3-5H,6-7,15H2,1-2H3. The Balaban J connectivity index is 2.36. The maximum atomic E-state index is 12.9. The van der Waals surface area contributed by atoms with Crippen molar-refractivity contribution in [2.75, 3.05) is 0 Å². The van der Waals surface area contributed by atoms with Gasteiger partial charge in [0.15, 0.2) is 0 Å². The minimum atomic E-state index is -2.58. The minimum absolute atomic E-state index is 0.232. The Morgan fingerprint density at radius 2 is 1.80 bits per heavy atom. The number of hydrogen-bond acceptors (Lipinski definition) is 1. The van der Waals surface area contributed by atoms with Gasteiger partial charge in [0, 0.05) is 12.8 Å². The molecule has 1 saturated carbocycles. The zero-order valence-electron chi connectivity index (χ0n) is 8.98. The second-order valence-electron chi connectivity index (χ2n) is 4.61. The largest absolute Gasteiger partial charge is 0.321 e. The van der Waals surface area contributed by atoms with E-state index in [0.717, 1.165) is 16.7 Å². The lowest BCUT2D eigenvalue weighted by Crippen LogP contribution is -2.55. The summed E-state index contributed by atoms with van der Waals surface area (Å²) in [5.74, 6) is -2.58. The van der Waals surface area contributed by atoms with Crippen molar-refractivity contribution in [2.45, 2.75) is 38.2 Å². The Morgan fingerprint density at radius 3 is 2.33 bits per heavy atom. The van der Waals surface area contributed by atoms with Crippen LogP contribution in [-0.4, -0.2) is 5.92 Å². The van der Waals surface area contributed by atoms with Crippen LogP contribution in [0.3, 0.4) is 0 Å². The van der Waals surface area contributed by atoms with Crippen molar-refractivity contribution >= 4 is 0 Å². The van der Waals surface area contributed by atoms with Crippen LogP contribution in [0.2, 0.25) is 0 Å². The van der Waals surface area contributed by atoms with Crippen molar-refractivity contribution in [2.24, 2.45) is 5.73 Å². The third kappa shape index (κ3) is 1.65. The van der Waals surface area contributed by atoms with Crippen molar-refractivity contribution in [1.82, 2.24) is 0 Å². The molecule has 2 N–H and O–H groups in total. The highest BCUT2D eigenvalue weighted by molar-refractivity contribution is 5.40. The lowest BCUT2D eigenvalue weighted by Gasteiger charge is -2.45. The van der Waals surface area contributed by atoms with Crippen molar-refractivity contribution in [3.05, 3.63) is 34.9 Å². The lowest BCUT2D eigenvalue weighted by atomic mass is 9.68. The number of aryl methyl sites for hydroxylation is 1. The third-order valence-corrected chi connectivity index (χ3v) is 3.29. The van der Waals surface area contributed by atoms with Crippen LogP contribution < -0.4 is 5.73 Å². The van der Waals surface area contributed by atoms with Crippen molar-refractivity contribution in [3.63, 3.8) is 0 Å². The summed E-state index contributed by atoms with van der Waals surface area (Å²) in [6, 6.07) is 5.71. The van der Waals surface area contributed by atoms with Gasteiger partial charge in [-0.05, 0) is 30.5 Å². The Labute approximate surface area is 88.3 Å². The number of nitrogens with two attached hydrogens (primary N) is 1. The Kier molecular flexibility index (Phi) is 2.12. The van der Waals surface area contributed by atoms with Gasteiger partial charge in [0.25, 0.3) is 5.92 Å². The van der Waals surface area contributed by atoms with Crippen molar-refractivity contribution < 1.29 is 8.78 Å². The molecule has 1 aromatic rings. The highest BCUT2D eigenvalue weighted by atomic mass is 19.3. The van der Waals surface area contributed by atoms with Gasteiger partial charge >= 0.3 is 0 Å². The van der Waals surface area contributed by atoms with Crippen LogP contribution in [0.15, 0.2) is 18.2 Å². The van der Waals surface area contributed by atoms with Crippen LogP contribution in [0.25, 0.3) is 0 Å². The molecule has 1 aliphatic rings. The van der Waals surface area contributed by atoms with E-state index in [-0.39, 0.29) is 12.8 Å². The normalized spacial score (nSPS) is 22.2. The number of hydrogen-bond donors (Lipinski definition) is 1. The van der Waals surface area contributed by atoms with Crippen LogP contribution in [0.4, 0.5) is 8.78 Å². The fourth-order valence-corrected chi connectivity index (χ4v) is 2.35. The molecule has 0 saturated heterocycles. The quantitative estimate of drug-likeness (QED) is 0.759. The van der Waals surface area contributed by atoms with Gasteiger partial charge in [-0.2, -0.15) is 0 Å². The zero-order chi connectivity index (χ0) is 11.3. The number of rotatable bonds is 1. The second kappa shape index (κ2) is 3.01. The molecule has 3 heteroatoms. The van der Waals surface area contributed by atoms with E-state index >= 15 is 0 Å². The number of halogens is 2. The molecule has 0 aliphatic heterocycles. The van der Waals surface area contributed by atoms with Crippen LogP contribution >= 0.6 is 0 Å². The molecule has 0 aromatic heterocycles. The van der Waals surface area contributed by atoms with Gasteiger partial charge < -0.3 is 5.73 Å². The molecular weight excluding hydrogens is 196 g/mol. The summed E-state index contributed by atoms with van der Waals surface area (Å²) in [7, 11) is 0. The molecule has 2 rings (SSSR count). The maximum Gasteiger partial charge on any atom is 0.252 e. The van der Waals surface area contributed by atoms with E-state index in [0.29, 0.717) is 0 Å². The van der Waals surface area contributed by atoms with Crippen LogP contribution in [0, 0.1) is 13.8 Å². The van der Waals surface area contributed by atoms with Gasteiger partial charge in [-0.25, -0.2) is 8.78 Å². The summed E-state index contributed by atoms with van der Waals surface area (Å²) in [5.41, 5.74) is 8.18. The topological polar surface area (TPSA) is 26.0 Å². The summed E-state index contributed by atoms with van der Waals surface area (Å²) in [6.07, 6.45) is -0.464. The minimum Gasteiger partial charge on any atom is -0.321 e. The zero-order valence-corrected chi connectivity index (χ0v) is 8.98. The van der Waals surface area contributed by atoms with Crippen LogP contribution in [0.1, 0.15) is 29.5 Å². The van der Waals surface area contributed by atoms with Gasteiger partial charge in [0.2, 0.25) is 0 Å². The first-order valence-electron chi connectivity index (χ1n) is 5.07. The van der Waals surface area contributed by atoms with Gasteiger partial charge in [-0.3, -0.25) is 0 Å². The molecule has 0 unspecified atom stereocenters. The Hall–Kier alpha value is -0.960. The molecule has 0 bridgehead atoms. The maximum absolute atomic E-state index is 12.9. The van der Waals surface area contributed by atoms with Gasteiger partial charge in [0.1, 0.15) is 0 Å². The fraction of sp³-hybridized carbons (Fsp3) is 0.500. The van der Waals surface area contributed by atoms with E-state index in [1.54, 1.807) is 0 Å². The molecule has 0 radical (unpaired) electrons. The second-order valence-corrected chi connectivity index (χ2v) is 4.61. The van der Waals surface area contributed by atoms with Crippen LogP contribution in [-0.2, 0) is 5.54 Å². The van der Waals surface area contributed by atoms with E-state index in [1.807, 2.05) is 32.0 Å². The molecule has 0 heterocycles. The fourth-order valence-electron chi connectivity index (χ4n) is 2.35. The van der Waals surface area contributed by atoms with E-state index in [2.05, 4.69) is 0 Å². The smallest absolute Gasteiger partial charge is 0.252 e. The number of alkyl halides is 2. The van der Waals surface area contributed by atoms with E-state index in [4.69, 9.17) is 5.73 Å². The summed E-state index contributed by atoms with van der Waals surface area (Å²) in [4.78, 5) is 0. The van der Waals surface area contributed by atoms with Crippen LogP contribution in [0.5, 0.6) is 0 Å². The highest BCUT2D eigenvalue weighted by Crippen LogP contribution is 2.50. The summed E-state index contributed by atoms with van der Waals surface area (Å²) in [6.45, 7) is 3.91. The van der Waals surface area contributed by atoms with Crippen molar-refractivity contribution in [3.8, 4) is 0 Å². The monoisotopic (exact) mass is 211 g/mol. The predicted molar refractivity (Wildman–Crippen MR) is 56.0 cm³/mol. The van der Waals surface area contributed by atoms with Gasteiger partial charge in [0.05, 0.1) is 5.54 Å². The molecule has 1 aliphatic carbocycles. The summed E-state index contributed by atoms with van der Waals surface area (Å²) < 4.78 is 25.7. The van der Waals surface area contributed by atoms with Gasteiger partial charge in [-0.1, -0.05) is 18.2 Å². The predicted octanol–water partition coefficient (Wildman–Crippen LogP) is 2.89. The molecule has 82 valence electrons. The average Bonchev–Trinajstić information content (AvgIpc) is 2.05. The average molecular weight is 211 g/mol. The summed E-state index contributed by atoms with van der Waals surface area (Å²) >= 11 is 0. The molecule has 1 aromatic carbocycles. The highest BCUT2D eigenvalue weighted by Gasteiger charge is 2.55. The van der Waals surface area contributed by atoms with Crippen molar-refractivity contribution in [1.29, 1.82) is 0 Å². The first-order chi connectivity index (χ1) is 6.84. The van der Waals surface area contributed by atoms with E-state index < -0.39 is 11.5 Å². The molecule has 15 heavy (non-hydrogen) atoms. The lowest BCUT2D eigenvalue weighted by molar-refractivity contribution is -0.125. The SMILES string of the molecule is Cc1cccc(C2(N)CC(F)(F)C2)c1C. The van der Waals surface area contributed by atoms with E-state index in [9.17, 15) is 8.78 Å². The molecule has 0 atom stereocenters. The molecule has 1 nitrogen and oxygen atoms in total. The molecular formula is C12H15F2N. The first kappa shape index (κ1) is 10.6. The third-order valence-electron chi connectivity index (χ3n) is 3.29. The van der Waals surface area contributed by atoms with Gasteiger partial charge in [-0.15, -0.1) is 0 Å². The molecule has 1 fully saturated rings. The number of benzene rings is 1. The molecule has 0 amide bonds. The Morgan fingerprint density at radius 1 is 1.20 bits per heavy atom. The van der Waals surface area contributed by atoms with E-state index in [1.165, 1.54) is 0 Å². The Bertz CT molecular complexity index is 391. The molecule has 0 spiro atoms. The first-order valence-corrected chi connectivity index (χ1v) is 5.07.